The third kappa shape index (κ3) is 2.15. The van der Waals surface area contributed by atoms with Gasteiger partial charge in [-0.3, -0.25) is 14.8 Å². The molecule has 3 fully saturated rings. The summed E-state index contributed by atoms with van der Waals surface area (Å²) in [5.74, 6) is -0.973. The molecule has 3 atom stereocenters. The minimum Gasteiger partial charge on any atom is -0.390 e. The van der Waals surface area contributed by atoms with Crippen molar-refractivity contribution < 1.29 is 54.6 Å². The van der Waals surface area contributed by atoms with E-state index in [1.54, 1.807) is 0 Å². The Balaban J connectivity index is 0.00000161. The molecule has 3 unspecified atom stereocenters. The summed E-state index contributed by atoms with van der Waals surface area (Å²) in [4.78, 5) is 25.4. The Bertz CT molecular complexity index is 451. The zero-order valence-electron chi connectivity index (χ0n) is 12.4. The predicted molar refractivity (Wildman–Crippen MR) is 67.8 cm³/mol. The van der Waals surface area contributed by atoms with Crippen LogP contribution in [0.3, 0.4) is 0 Å². The first-order chi connectivity index (χ1) is 9.47. The van der Waals surface area contributed by atoms with Crippen molar-refractivity contribution in [3.8, 4) is 0 Å². The van der Waals surface area contributed by atoms with E-state index in [0.717, 1.165) is 19.3 Å². The molecule has 0 bridgehead atoms. The fourth-order valence-electron chi connectivity index (χ4n) is 4.27. The van der Waals surface area contributed by atoms with Gasteiger partial charge < -0.3 is 10.2 Å². The minimum absolute atomic E-state index is 0. The smallest absolute Gasteiger partial charge is 0.390 e. The summed E-state index contributed by atoms with van der Waals surface area (Å²) >= 11 is 0. The van der Waals surface area contributed by atoms with Crippen LogP contribution >= 0.6 is 0 Å². The second-order valence-electron chi connectivity index (χ2n) is 6.42. The SMILES string of the molecule is O=C1N(O)C2(CCCC(O)C2O)C(=O)C12CCCCC2.[Na+]. The number of hydrogen-bond donors (Lipinski definition) is 3. The van der Waals surface area contributed by atoms with Gasteiger partial charge >= 0.3 is 29.6 Å². The number of ketones is 1. The van der Waals surface area contributed by atoms with Crippen molar-refractivity contribution in [1.82, 2.24) is 5.06 Å². The molecule has 1 saturated heterocycles. The first kappa shape index (κ1) is 17.4. The Hall–Kier alpha value is 0.0200. The number of aliphatic hydroxyl groups excluding tert-OH is 2. The largest absolute Gasteiger partial charge is 1.00 e. The first-order valence-corrected chi connectivity index (χ1v) is 7.41. The second-order valence-corrected chi connectivity index (χ2v) is 6.42. The average molecular weight is 306 g/mol. The van der Waals surface area contributed by atoms with E-state index < -0.39 is 29.1 Å². The van der Waals surface area contributed by atoms with Crippen LogP contribution in [-0.4, -0.2) is 49.9 Å². The molecular formula is C14H21NNaO5+. The molecule has 2 spiro atoms. The number of aliphatic hydroxyl groups is 2. The van der Waals surface area contributed by atoms with Crippen molar-refractivity contribution in [2.75, 3.05) is 0 Å². The topological polar surface area (TPSA) is 98.1 Å². The molecule has 2 saturated carbocycles. The molecule has 21 heavy (non-hydrogen) atoms. The molecule has 1 amide bonds. The van der Waals surface area contributed by atoms with Crippen LogP contribution in [0.5, 0.6) is 0 Å². The first-order valence-electron chi connectivity index (χ1n) is 7.41. The number of rotatable bonds is 0. The molecule has 3 N–H and O–H groups in total. The zero-order chi connectivity index (χ0) is 14.5. The van der Waals surface area contributed by atoms with Gasteiger partial charge in [-0.1, -0.05) is 19.3 Å². The van der Waals surface area contributed by atoms with E-state index in [-0.39, 0.29) is 41.8 Å². The van der Waals surface area contributed by atoms with Gasteiger partial charge in [0.1, 0.15) is 11.5 Å². The maximum Gasteiger partial charge on any atom is 1.00 e. The molecule has 1 heterocycles. The van der Waals surface area contributed by atoms with Crippen molar-refractivity contribution in [2.45, 2.75) is 69.1 Å². The number of carbonyl (C=O) groups is 2. The molecule has 0 aromatic heterocycles. The van der Waals surface area contributed by atoms with Crippen molar-refractivity contribution in [3.05, 3.63) is 0 Å². The van der Waals surface area contributed by atoms with Gasteiger partial charge in [0.15, 0.2) is 11.3 Å². The van der Waals surface area contributed by atoms with Crippen LogP contribution in [0.25, 0.3) is 0 Å². The Morgan fingerprint density at radius 2 is 1.62 bits per heavy atom. The van der Waals surface area contributed by atoms with Crippen LogP contribution in [0.4, 0.5) is 0 Å². The Morgan fingerprint density at radius 1 is 1.00 bits per heavy atom. The molecule has 0 aromatic carbocycles. The third-order valence-electron chi connectivity index (χ3n) is 5.43. The van der Waals surface area contributed by atoms with Crippen LogP contribution in [0.15, 0.2) is 0 Å². The summed E-state index contributed by atoms with van der Waals surface area (Å²) in [7, 11) is 0. The minimum atomic E-state index is -1.63. The van der Waals surface area contributed by atoms with E-state index in [1.807, 2.05) is 0 Å². The monoisotopic (exact) mass is 306 g/mol. The summed E-state index contributed by atoms with van der Waals surface area (Å²) < 4.78 is 0. The van der Waals surface area contributed by atoms with E-state index >= 15 is 0 Å². The van der Waals surface area contributed by atoms with Gasteiger partial charge in [-0.05, 0) is 32.1 Å². The molecule has 0 aromatic rings. The number of carbonyl (C=O) groups excluding carboxylic acids is 2. The van der Waals surface area contributed by atoms with Gasteiger partial charge in [-0.25, -0.2) is 5.06 Å². The summed E-state index contributed by atoms with van der Waals surface area (Å²) in [6.45, 7) is 0. The van der Waals surface area contributed by atoms with Crippen molar-refractivity contribution in [1.29, 1.82) is 0 Å². The van der Waals surface area contributed by atoms with Crippen LogP contribution in [0, 0.1) is 5.41 Å². The number of amides is 1. The van der Waals surface area contributed by atoms with Crippen molar-refractivity contribution in [3.63, 3.8) is 0 Å². The maximum absolute atomic E-state index is 12.9. The molecule has 3 aliphatic rings. The summed E-state index contributed by atoms with van der Waals surface area (Å²) in [5.41, 5.74) is -2.81. The van der Waals surface area contributed by atoms with E-state index in [4.69, 9.17) is 0 Å². The van der Waals surface area contributed by atoms with E-state index in [9.17, 15) is 25.0 Å². The molecule has 6 nitrogen and oxygen atoms in total. The van der Waals surface area contributed by atoms with Crippen LogP contribution in [0.1, 0.15) is 51.4 Å². The Morgan fingerprint density at radius 3 is 2.24 bits per heavy atom. The summed E-state index contributed by atoms with van der Waals surface area (Å²) in [6.07, 6.45) is 2.03. The van der Waals surface area contributed by atoms with Crippen LogP contribution in [-0.2, 0) is 9.59 Å². The van der Waals surface area contributed by atoms with Gasteiger partial charge in [-0.2, -0.15) is 0 Å². The average Bonchev–Trinajstić information content (AvgIpc) is 2.61. The molecule has 112 valence electrons. The second kappa shape index (κ2) is 5.91. The fourth-order valence-corrected chi connectivity index (χ4v) is 4.27. The number of hydroxylamine groups is 2. The molecule has 2 aliphatic carbocycles. The maximum atomic E-state index is 12.9. The number of Topliss-reactive ketones (excluding diaryl/α,β-unsaturated/α-hetero) is 1. The predicted octanol–water partition coefficient (Wildman–Crippen LogP) is -2.61. The fraction of sp³-hybridized carbons (Fsp3) is 0.857. The molecule has 1 aliphatic heterocycles. The quantitative estimate of drug-likeness (QED) is 0.259. The standard InChI is InChI=1S/C14H21NO5.Na/c16-9-5-4-8-14(10(9)17)11(18)13(12(19)15(14)20)6-2-1-3-7-13;/h9-10,16-17,20H,1-8H2;/q;+1. The molecule has 0 radical (unpaired) electrons. The van der Waals surface area contributed by atoms with Crippen LogP contribution < -0.4 is 29.6 Å². The van der Waals surface area contributed by atoms with Crippen LogP contribution in [0.2, 0.25) is 0 Å². The van der Waals surface area contributed by atoms with Gasteiger partial charge in [0.25, 0.3) is 5.91 Å². The van der Waals surface area contributed by atoms with Gasteiger partial charge in [0, 0.05) is 0 Å². The number of nitrogens with zero attached hydrogens (tertiary/aromatic N) is 1. The van der Waals surface area contributed by atoms with Gasteiger partial charge in [0.2, 0.25) is 0 Å². The van der Waals surface area contributed by atoms with Crippen molar-refractivity contribution >= 4 is 11.7 Å². The Kier molecular flexibility index (Phi) is 4.89. The molecule has 7 heteroatoms. The summed E-state index contributed by atoms with van der Waals surface area (Å²) in [5, 5.41) is 30.8. The van der Waals surface area contributed by atoms with Crippen molar-refractivity contribution in [2.24, 2.45) is 5.41 Å². The number of hydrogen-bond acceptors (Lipinski definition) is 5. The summed E-state index contributed by atoms with van der Waals surface area (Å²) in [6, 6.07) is 0. The zero-order valence-corrected chi connectivity index (χ0v) is 14.4. The van der Waals surface area contributed by atoms with Gasteiger partial charge in [-0.15, -0.1) is 0 Å². The van der Waals surface area contributed by atoms with E-state index in [0.29, 0.717) is 30.7 Å². The normalized spacial score (nSPS) is 38.9. The van der Waals surface area contributed by atoms with Gasteiger partial charge in [0.05, 0.1) is 6.10 Å². The molecular weight excluding hydrogens is 285 g/mol. The van der Waals surface area contributed by atoms with E-state index in [1.165, 1.54) is 0 Å². The Labute approximate surface area is 145 Å². The van der Waals surface area contributed by atoms with E-state index in [2.05, 4.69) is 0 Å². The third-order valence-corrected chi connectivity index (χ3v) is 5.43. The molecule has 3 rings (SSSR count).